The minimum Gasteiger partial charge on any atom is -0.381 e. The summed E-state index contributed by atoms with van der Waals surface area (Å²) in [4.78, 5) is 25.9. The minimum absolute atomic E-state index is 0.0175. The number of likely N-dealkylation sites (tertiary alicyclic amines) is 1. The summed E-state index contributed by atoms with van der Waals surface area (Å²) in [6, 6.07) is 7.53. The number of ether oxygens (including phenoxy) is 1. The Labute approximate surface area is 148 Å². The van der Waals surface area contributed by atoms with Crippen molar-refractivity contribution in [3.05, 3.63) is 35.4 Å². The van der Waals surface area contributed by atoms with Gasteiger partial charge in [0.2, 0.25) is 0 Å². The van der Waals surface area contributed by atoms with Crippen LogP contribution in [-0.2, 0) is 11.2 Å². The first-order chi connectivity index (χ1) is 12.2. The van der Waals surface area contributed by atoms with E-state index in [1.54, 1.807) is 13.1 Å². The van der Waals surface area contributed by atoms with Crippen molar-refractivity contribution in [3.8, 4) is 0 Å². The Bertz CT molecular complexity index is 614. The number of carbonyl (C=O) groups excluding carboxylic acids is 2. The predicted molar refractivity (Wildman–Crippen MR) is 95.5 cm³/mol. The van der Waals surface area contributed by atoms with Crippen molar-refractivity contribution in [2.75, 3.05) is 39.9 Å². The Morgan fingerprint density at radius 3 is 2.92 bits per heavy atom. The van der Waals surface area contributed by atoms with Crippen molar-refractivity contribution >= 4 is 11.9 Å². The highest BCUT2D eigenvalue weighted by atomic mass is 16.5. The SMILES string of the molecule is CNC(=O)c1cccc(CCNC(=O)N2CC[C@@H]([C@H]3CCOC3)C2)c1. The van der Waals surface area contributed by atoms with E-state index in [1.165, 1.54) is 0 Å². The highest BCUT2D eigenvalue weighted by Gasteiger charge is 2.33. The van der Waals surface area contributed by atoms with E-state index in [0.29, 0.717) is 30.4 Å². The van der Waals surface area contributed by atoms with Gasteiger partial charge in [-0.3, -0.25) is 4.79 Å². The summed E-state index contributed by atoms with van der Waals surface area (Å²) in [6.07, 6.45) is 2.92. The van der Waals surface area contributed by atoms with Crippen LogP contribution in [-0.4, -0.2) is 56.7 Å². The Balaban J connectivity index is 1.43. The van der Waals surface area contributed by atoms with Gasteiger partial charge in [0.05, 0.1) is 0 Å². The highest BCUT2D eigenvalue weighted by molar-refractivity contribution is 5.94. The molecule has 0 spiro atoms. The number of benzene rings is 1. The maximum absolute atomic E-state index is 12.3. The molecular weight excluding hydrogens is 318 g/mol. The second-order valence-electron chi connectivity index (χ2n) is 6.88. The molecular formula is C19H27N3O3. The maximum Gasteiger partial charge on any atom is 0.317 e. The van der Waals surface area contributed by atoms with Gasteiger partial charge in [-0.2, -0.15) is 0 Å². The zero-order valence-corrected chi connectivity index (χ0v) is 14.8. The molecule has 1 aromatic carbocycles. The molecule has 0 unspecified atom stereocenters. The standard InChI is InChI=1S/C19H27N3O3/c1-20-18(23)15-4-2-3-14(11-15)5-8-21-19(24)22-9-6-16(12-22)17-7-10-25-13-17/h2-4,11,16-17H,5-10,12-13H2,1H3,(H,20,23)(H,21,24)/t16-,17+/m1/s1. The third kappa shape index (κ3) is 4.51. The van der Waals surface area contributed by atoms with Gasteiger partial charge in [-0.1, -0.05) is 12.1 Å². The maximum atomic E-state index is 12.3. The molecule has 2 atom stereocenters. The van der Waals surface area contributed by atoms with Crippen molar-refractivity contribution in [2.45, 2.75) is 19.3 Å². The molecule has 136 valence electrons. The van der Waals surface area contributed by atoms with Crippen molar-refractivity contribution < 1.29 is 14.3 Å². The molecule has 2 saturated heterocycles. The Hall–Kier alpha value is -2.08. The number of urea groups is 1. The number of hydrogen-bond donors (Lipinski definition) is 2. The second-order valence-corrected chi connectivity index (χ2v) is 6.88. The van der Waals surface area contributed by atoms with E-state index in [4.69, 9.17) is 4.74 Å². The zero-order chi connectivity index (χ0) is 17.6. The molecule has 0 aromatic heterocycles. The molecule has 6 heteroatoms. The van der Waals surface area contributed by atoms with Crippen LogP contribution < -0.4 is 10.6 Å². The predicted octanol–water partition coefficient (Wildman–Crippen LogP) is 1.66. The molecule has 3 rings (SSSR count). The van der Waals surface area contributed by atoms with Crippen molar-refractivity contribution in [1.29, 1.82) is 0 Å². The first-order valence-corrected chi connectivity index (χ1v) is 9.09. The van der Waals surface area contributed by atoms with Gasteiger partial charge in [0.15, 0.2) is 0 Å². The summed E-state index contributed by atoms with van der Waals surface area (Å²) in [6.45, 7) is 3.96. The highest BCUT2D eigenvalue weighted by Crippen LogP contribution is 2.29. The van der Waals surface area contributed by atoms with Gasteiger partial charge in [0, 0.05) is 45.5 Å². The van der Waals surface area contributed by atoms with Crippen LogP contribution in [0.4, 0.5) is 4.79 Å². The van der Waals surface area contributed by atoms with Crippen molar-refractivity contribution in [3.63, 3.8) is 0 Å². The molecule has 25 heavy (non-hydrogen) atoms. The normalized spacial score (nSPS) is 22.8. The molecule has 0 aliphatic carbocycles. The molecule has 6 nitrogen and oxygen atoms in total. The number of nitrogens with one attached hydrogen (secondary N) is 2. The quantitative estimate of drug-likeness (QED) is 0.853. The number of carbonyl (C=O) groups is 2. The van der Waals surface area contributed by atoms with Gasteiger partial charge in [-0.15, -0.1) is 0 Å². The summed E-state index contributed by atoms with van der Waals surface area (Å²) in [7, 11) is 1.62. The fraction of sp³-hybridized carbons (Fsp3) is 0.579. The molecule has 3 amide bonds. The minimum atomic E-state index is -0.0927. The first kappa shape index (κ1) is 17.7. The average molecular weight is 345 g/mol. The molecule has 2 aliphatic heterocycles. The molecule has 2 aliphatic rings. The lowest BCUT2D eigenvalue weighted by Gasteiger charge is -2.19. The van der Waals surface area contributed by atoms with E-state index < -0.39 is 0 Å². The van der Waals surface area contributed by atoms with E-state index in [1.807, 2.05) is 23.1 Å². The van der Waals surface area contributed by atoms with Gasteiger partial charge >= 0.3 is 6.03 Å². The first-order valence-electron chi connectivity index (χ1n) is 9.09. The van der Waals surface area contributed by atoms with Crippen LogP contribution >= 0.6 is 0 Å². The lowest BCUT2D eigenvalue weighted by atomic mass is 9.91. The van der Waals surface area contributed by atoms with Crippen LogP contribution in [0.5, 0.6) is 0 Å². The summed E-state index contributed by atoms with van der Waals surface area (Å²) in [5, 5.41) is 5.62. The largest absolute Gasteiger partial charge is 0.381 e. The van der Waals surface area contributed by atoms with E-state index >= 15 is 0 Å². The summed E-state index contributed by atoms with van der Waals surface area (Å²) >= 11 is 0. The lowest BCUT2D eigenvalue weighted by Crippen LogP contribution is -2.39. The topological polar surface area (TPSA) is 70.7 Å². The van der Waals surface area contributed by atoms with Crippen LogP contribution in [0.1, 0.15) is 28.8 Å². The van der Waals surface area contributed by atoms with Gasteiger partial charge in [0.1, 0.15) is 0 Å². The fourth-order valence-corrected chi connectivity index (χ4v) is 3.72. The Morgan fingerprint density at radius 1 is 1.28 bits per heavy atom. The summed E-state index contributed by atoms with van der Waals surface area (Å²) in [5.74, 6) is 1.10. The van der Waals surface area contributed by atoms with Gasteiger partial charge in [-0.25, -0.2) is 4.79 Å². The van der Waals surface area contributed by atoms with E-state index in [0.717, 1.165) is 44.7 Å². The molecule has 0 bridgehead atoms. The van der Waals surface area contributed by atoms with Gasteiger partial charge < -0.3 is 20.3 Å². The molecule has 0 saturated carbocycles. The Kier molecular flexibility index (Phi) is 5.91. The lowest BCUT2D eigenvalue weighted by molar-refractivity contribution is 0.0963. The van der Waals surface area contributed by atoms with E-state index in [9.17, 15) is 9.59 Å². The number of rotatable bonds is 5. The Morgan fingerprint density at radius 2 is 2.16 bits per heavy atom. The fourth-order valence-electron chi connectivity index (χ4n) is 3.72. The van der Waals surface area contributed by atoms with Crippen LogP contribution in [0.25, 0.3) is 0 Å². The zero-order valence-electron chi connectivity index (χ0n) is 14.8. The average Bonchev–Trinajstić information content (AvgIpc) is 3.32. The third-order valence-electron chi connectivity index (χ3n) is 5.25. The molecule has 2 N–H and O–H groups in total. The third-order valence-corrected chi connectivity index (χ3v) is 5.25. The molecule has 1 aromatic rings. The number of amides is 3. The van der Waals surface area contributed by atoms with Crippen LogP contribution in [0, 0.1) is 11.8 Å². The van der Waals surface area contributed by atoms with E-state index in [2.05, 4.69) is 10.6 Å². The monoisotopic (exact) mass is 345 g/mol. The second kappa shape index (κ2) is 8.34. The number of nitrogens with zero attached hydrogens (tertiary/aromatic N) is 1. The summed E-state index contributed by atoms with van der Waals surface area (Å²) < 4.78 is 5.47. The number of hydrogen-bond acceptors (Lipinski definition) is 3. The summed E-state index contributed by atoms with van der Waals surface area (Å²) in [5.41, 5.74) is 1.69. The molecule has 2 fully saturated rings. The molecule has 2 heterocycles. The van der Waals surface area contributed by atoms with E-state index in [-0.39, 0.29) is 11.9 Å². The van der Waals surface area contributed by atoms with Crippen LogP contribution in [0.3, 0.4) is 0 Å². The molecule has 0 radical (unpaired) electrons. The van der Waals surface area contributed by atoms with Gasteiger partial charge in [0.25, 0.3) is 5.91 Å². The van der Waals surface area contributed by atoms with Gasteiger partial charge in [-0.05, 0) is 48.8 Å². The smallest absolute Gasteiger partial charge is 0.317 e. The van der Waals surface area contributed by atoms with Crippen LogP contribution in [0.15, 0.2) is 24.3 Å². The van der Waals surface area contributed by atoms with Crippen molar-refractivity contribution in [1.82, 2.24) is 15.5 Å². The van der Waals surface area contributed by atoms with Crippen LogP contribution in [0.2, 0.25) is 0 Å². The van der Waals surface area contributed by atoms with Crippen molar-refractivity contribution in [2.24, 2.45) is 11.8 Å².